The molecule has 1 rings (SSSR count). The number of allylic oxidation sites excluding steroid dienone is 2. The van der Waals surface area contributed by atoms with Crippen LogP contribution in [0.5, 0.6) is 0 Å². The van der Waals surface area contributed by atoms with Crippen molar-refractivity contribution in [3.63, 3.8) is 0 Å². The van der Waals surface area contributed by atoms with E-state index >= 15 is 0 Å². The third-order valence-electron chi connectivity index (χ3n) is 2.60. The van der Waals surface area contributed by atoms with Crippen LogP contribution >= 0.6 is 0 Å². The maximum absolute atomic E-state index is 11.0. The number of carbonyl (C=O) groups is 2. The molecular formula is C10H13NO4. The predicted octanol–water partition coefficient (Wildman–Crippen LogP) is 0.375. The van der Waals surface area contributed by atoms with Gasteiger partial charge < -0.3 is 15.9 Å². The summed E-state index contributed by atoms with van der Waals surface area (Å²) in [5.74, 6) is -3.30. The zero-order valence-corrected chi connectivity index (χ0v) is 8.52. The molecule has 15 heavy (non-hydrogen) atoms. The second kappa shape index (κ2) is 3.51. The second-order valence-corrected chi connectivity index (χ2v) is 3.82. The summed E-state index contributed by atoms with van der Waals surface area (Å²) in [5.41, 5.74) is 4.86. The lowest BCUT2D eigenvalue weighted by Gasteiger charge is -2.33. The quantitative estimate of drug-likeness (QED) is 0.612. The standard InChI is InChI=1S/C10H13NO4/c1-5-3-4-6(8(12)13)10(2,11)7(5)9(14)15/h3-4,6H,11H2,1-2H3,(H,12,13)(H,14,15). The molecule has 0 saturated carbocycles. The predicted molar refractivity (Wildman–Crippen MR) is 53.2 cm³/mol. The van der Waals surface area contributed by atoms with E-state index < -0.39 is 23.4 Å². The summed E-state index contributed by atoms with van der Waals surface area (Å²) in [4.78, 5) is 21.9. The lowest BCUT2D eigenvalue weighted by atomic mass is 9.74. The maximum atomic E-state index is 11.0. The lowest BCUT2D eigenvalue weighted by Crippen LogP contribution is -2.52. The fraction of sp³-hybridized carbons (Fsp3) is 0.400. The van der Waals surface area contributed by atoms with Gasteiger partial charge in [-0.25, -0.2) is 4.79 Å². The zero-order chi connectivity index (χ0) is 11.8. The van der Waals surface area contributed by atoms with Gasteiger partial charge in [0.05, 0.1) is 17.0 Å². The number of rotatable bonds is 2. The zero-order valence-electron chi connectivity index (χ0n) is 8.52. The number of aliphatic carboxylic acids is 2. The van der Waals surface area contributed by atoms with Crippen LogP contribution in [0.4, 0.5) is 0 Å². The second-order valence-electron chi connectivity index (χ2n) is 3.82. The van der Waals surface area contributed by atoms with E-state index in [0.29, 0.717) is 5.57 Å². The molecule has 1 aliphatic carbocycles. The van der Waals surface area contributed by atoms with E-state index in [4.69, 9.17) is 15.9 Å². The van der Waals surface area contributed by atoms with Gasteiger partial charge in [-0.05, 0) is 19.4 Å². The number of hydrogen-bond acceptors (Lipinski definition) is 3. The molecule has 82 valence electrons. The normalized spacial score (nSPS) is 30.5. The molecule has 0 saturated heterocycles. The molecule has 0 spiro atoms. The topological polar surface area (TPSA) is 101 Å². The minimum absolute atomic E-state index is 0.0441. The minimum atomic E-state index is -1.38. The van der Waals surface area contributed by atoms with Gasteiger partial charge in [-0.15, -0.1) is 0 Å². The highest BCUT2D eigenvalue weighted by atomic mass is 16.4. The van der Waals surface area contributed by atoms with Crippen molar-refractivity contribution >= 4 is 11.9 Å². The highest BCUT2D eigenvalue weighted by Gasteiger charge is 2.43. The highest BCUT2D eigenvalue weighted by Crippen LogP contribution is 2.32. The molecule has 5 heteroatoms. The van der Waals surface area contributed by atoms with Gasteiger partial charge in [0.2, 0.25) is 0 Å². The monoisotopic (exact) mass is 211 g/mol. The largest absolute Gasteiger partial charge is 0.481 e. The Balaban J connectivity index is 3.29. The average molecular weight is 211 g/mol. The Morgan fingerprint density at radius 3 is 2.40 bits per heavy atom. The SMILES string of the molecule is CC1=C(C(=O)O)C(C)(N)C(C(=O)O)C=C1. The fourth-order valence-corrected chi connectivity index (χ4v) is 1.84. The Kier molecular flexibility index (Phi) is 2.68. The van der Waals surface area contributed by atoms with Crippen molar-refractivity contribution in [2.75, 3.05) is 0 Å². The van der Waals surface area contributed by atoms with Gasteiger partial charge in [0, 0.05) is 0 Å². The summed E-state index contributed by atoms with van der Waals surface area (Å²) in [6, 6.07) is 0. The van der Waals surface area contributed by atoms with Gasteiger partial charge in [-0.2, -0.15) is 0 Å². The van der Waals surface area contributed by atoms with Gasteiger partial charge in [0.25, 0.3) is 0 Å². The number of nitrogens with two attached hydrogens (primary N) is 1. The summed E-state index contributed by atoms with van der Waals surface area (Å²) < 4.78 is 0. The first-order chi connectivity index (χ1) is 6.78. The molecule has 0 radical (unpaired) electrons. The Labute approximate surface area is 86.9 Å². The van der Waals surface area contributed by atoms with Crippen LogP contribution in [0.15, 0.2) is 23.3 Å². The van der Waals surface area contributed by atoms with Crippen LogP contribution < -0.4 is 5.73 Å². The molecule has 5 nitrogen and oxygen atoms in total. The van der Waals surface area contributed by atoms with Crippen LogP contribution in [-0.2, 0) is 9.59 Å². The van der Waals surface area contributed by atoms with Crippen molar-refractivity contribution in [3.8, 4) is 0 Å². The number of hydrogen-bond donors (Lipinski definition) is 3. The van der Waals surface area contributed by atoms with Crippen LogP contribution in [0.2, 0.25) is 0 Å². The summed E-state index contributed by atoms with van der Waals surface area (Å²) in [6.45, 7) is 3.02. The first-order valence-electron chi connectivity index (χ1n) is 4.43. The van der Waals surface area contributed by atoms with Crippen molar-refractivity contribution in [1.29, 1.82) is 0 Å². The fourth-order valence-electron chi connectivity index (χ4n) is 1.84. The van der Waals surface area contributed by atoms with Gasteiger partial charge in [-0.1, -0.05) is 12.2 Å². The third-order valence-corrected chi connectivity index (χ3v) is 2.60. The molecular weight excluding hydrogens is 198 g/mol. The molecule has 2 atom stereocenters. The Bertz CT molecular complexity index is 379. The molecule has 0 aliphatic heterocycles. The van der Waals surface area contributed by atoms with Gasteiger partial charge in [0.1, 0.15) is 0 Å². The van der Waals surface area contributed by atoms with E-state index in [1.807, 2.05) is 0 Å². The molecule has 4 N–H and O–H groups in total. The van der Waals surface area contributed by atoms with Crippen molar-refractivity contribution in [2.24, 2.45) is 11.7 Å². The summed E-state index contributed by atoms with van der Waals surface area (Å²) in [7, 11) is 0. The van der Waals surface area contributed by atoms with E-state index in [2.05, 4.69) is 0 Å². The van der Waals surface area contributed by atoms with Crippen LogP contribution in [0.25, 0.3) is 0 Å². The van der Waals surface area contributed by atoms with Crippen molar-refractivity contribution in [1.82, 2.24) is 0 Å². The van der Waals surface area contributed by atoms with Gasteiger partial charge in [-0.3, -0.25) is 4.79 Å². The third kappa shape index (κ3) is 1.78. The van der Waals surface area contributed by atoms with Crippen LogP contribution in [0.1, 0.15) is 13.8 Å². The first-order valence-corrected chi connectivity index (χ1v) is 4.43. The minimum Gasteiger partial charge on any atom is -0.481 e. The Hall–Kier alpha value is -1.62. The van der Waals surface area contributed by atoms with E-state index in [1.165, 1.54) is 19.1 Å². The van der Waals surface area contributed by atoms with Crippen LogP contribution in [-0.4, -0.2) is 27.7 Å². The molecule has 0 fully saturated rings. The van der Waals surface area contributed by atoms with Crippen molar-refractivity contribution in [2.45, 2.75) is 19.4 Å². The maximum Gasteiger partial charge on any atom is 0.333 e. The molecule has 2 unspecified atom stereocenters. The Morgan fingerprint density at radius 2 is 2.00 bits per heavy atom. The van der Waals surface area contributed by atoms with Crippen molar-refractivity contribution in [3.05, 3.63) is 23.3 Å². The molecule has 0 amide bonds. The average Bonchev–Trinajstić information content (AvgIpc) is 1.99. The Morgan fingerprint density at radius 1 is 1.47 bits per heavy atom. The van der Waals surface area contributed by atoms with E-state index in [0.717, 1.165) is 0 Å². The van der Waals surface area contributed by atoms with E-state index in [1.54, 1.807) is 6.92 Å². The smallest absolute Gasteiger partial charge is 0.333 e. The highest BCUT2D eigenvalue weighted by molar-refractivity contribution is 5.93. The lowest BCUT2D eigenvalue weighted by molar-refractivity contribution is -0.142. The molecule has 1 aliphatic rings. The number of carboxylic acids is 2. The van der Waals surface area contributed by atoms with Crippen LogP contribution in [0.3, 0.4) is 0 Å². The first kappa shape index (κ1) is 11.5. The van der Waals surface area contributed by atoms with Crippen LogP contribution in [0, 0.1) is 5.92 Å². The molecule has 0 heterocycles. The molecule has 0 aromatic heterocycles. The summed E-state index contributed by atoms with van der Waals surface area (Å²) >= 11 is 0. The van der Waals surface area contributed by atoms with Gasteiger partial charge >= 0.3 is 11.9 Å². The molecule has 0 aromatic carbocycles. The summed E-state index contributed by atoms with van der Waals surface area (Å²) in [5, 5.41) is 17.9. The van der Waals surface area contributed by atoms with Crippen molar-refractivity contribution < 1.29 is 19.8 Å². The van der Waals surface area contributed by atoms with E-state index in [9.17, 15) is 9.59 Å². The number of carboxylic acid groups (broad SMARTS) is 2. The van der Waals surface area contributed by atoms with E-state index in [-0.39, 0.29) is 5.57 Å². The molecule has 0 aromatic rings. The molecule has 0 bridgehead atoms. The van der Waals surface area contributed by atoms with Gasteiger partial charge in [0.15, 0.2) is 0 Å². The summed E-state index contributed by atoms with van der Waals surface area (Å²) in [6.07, 6.45) is 2.90.